The molecule has 0 spiro atoms. The molecule has 0 saturated carbocycles. The molecule has 0 unspecified atom stereocenters. The fourth-order valence-electron chi connectivity index (χ4n) is 3.50. The third kappa shape index (κ3) is 4.46. The molecule has 1 aromatic heterocycles. The number of aromatic nitrogens is 2. The highest BCUT2D eigenvalue weighted by Gasteiger charge is 2.31. The highest BCUT2D eigenvalue weighted by atomic mass is 19.4. The number of nitrogens with zero attached hydrogens (tertiary/aromatic N) is 3. The standard InChI is InChI=1S/C19H24F3N5O/c1-13-18(14(2)25(3)24-13)23-17(28)12-26-7-9-27(10-8-26)16-6-4-5-15(11-16)19(20,21)22/h4-6,11H,7-10,12H2,1-3H3,(H,23,28)/p+1. The molecule has 0 radical (unpaired) electrons. The van der Waals surface area contributed by atoms with Crippen LogP contribution in [0.1, 0.15) is 17.0 Å². The summed E-state index contributed by atoms with van der Waals surface area (Å²) in [5.41, 5.74) is 2.35. The number of benzene rings is 1. The molecule has 9 heteroatoms. The zero-order chi connectivity index (χ0) is 20.5. The Kier molecular flexibility index (Phi) is 5.64. The Morgan fingerprint density at radius 1 is 1.25 bits per heavy atom. The van der Waals surface area contributed by atoms with E-state index in [1.165, 1.54) is 12.1 Å². The van der Waals surface area contributed by atoms with Crippen molar-refractivity contribution in [3.63, 3.8) is 0 Å². The van der Waals surface area contributed by atoms with Gasteiger partial charge in [-0.05, 0) is 32.0 Å². The lowest BCUT2D eigenvalue weighted by Gasteiger charge is -2.33. The third-order valence-corrected chi connectivity index (χ3v) is 5.19. The average Bonchev–Trinajstić information content (AvgIpc) is 2.88. The smallest absolute Gasteiger partial charge is 0.360 e. The molecule has 1 aromatic carbocycles. The van der Waals surface area contributed by atoms with Crippen LogP contribution in [-0.4, -0.2) is 48.4 Å². The molecule has 28 heavy (non-hydrogen) atoms. The Bertz CT molecular complexity index is 854. The predicted molar refractivity (Wildman–Crippen MR) is 101 cm³/mol. The first-order valence-corrected chi connectivity index (χ1v) is 9.21. The van der Waals surface area contributed by atoms with E-state index >= 15 is 0 Å². The first-order valence-electron chi connectivity index (χ1n) is 9.21. The van der Waals surface area contributed by atoms with Crippen molar-refractivity contribution in [2.24, 2.45) is 7.05 Å². The fraction of sp³-hybridized carbons (Fsp3) is 0.474. The Hall–Kier alpha value is -2.55. The van der Waals surface area contributed by atoms with Crippen LogP contribution in [0.5, 0.6) is 0 Å². The van der Waals surface area contributed by atoms with E-state index < -0.39 is 11.7 Å². The normalized spacial score (nSPS) is 15.7. The van der Waals surface area contributed by atoms with Crippen molar-refractivity contribution in [2.75, 3.05) is 42.9 Å². The number of nitrogens with one attached hydrogen (secondary N) is 2. The lowest BCUT2D eigenvalue weighted by atomic mass is 10.1. The summed E-state index contributed by atoms with van der Waals surface area (Å²) in [6, 6.07) is 5.40. The Labute approximate surface area is 161 Å². The van der Waals surface area contributed by atoms with Gasteiger partial charge in [-0.25, -0.2) is 0 Å². The van der Waals surface area contributed by atoms with Gasteiger partial charge in [-0.15, -0.1) is 0 Å². The minimum Gasteiger partial charge on any atom is -0.360 e. The number of amides is 1. The second-order valence-electron chi connectivity index (χ2n) is 7.18. The summed E-state index contributed by atoms with van der Waals surface area (Å²) in [6.45, 7) is 6.66. The minimum atomic E-state index is -4.34. The number of alkyl halides is 3. The maximum atomic E-state index is 12.9. The number of carbonyl (C=O) groups is 1. The second-order valence-corrected chi connectivity index (χ2v) is 7.18. The molecule has 1 aliphatic heterocycles. The van der Waals surface area contributed by atoms with E-state index in [2.05, 4.69) is 10.4 Å². The summed E-state index contributed by atoms with van der Waals surface area (Å²) in [5, 5.41) is 7.22. The predicted octanol–water partition coefficient (Wildman–Crippen LogP) is 1.40. The molecule has 1 saturated heterocycles. The van der Waals surface area contributed by atoms with Gasteiger partial charge in [-0.2, -0.15) is 18.3 Å². The first kappa shape index (κ1) is 20.2. The number of aryl methyl sites for hydroxylation is 2. The minimum absolute atomic E-state index is 0.0817. The van der Waals surface area contributed by atoms with Gasteiger partial charge < -0.3 is 15.1 Å². The number of anilines is 2. The highest BCUT2D eigenvalue weighted by Crippen LogP contribution is 2.31. The summed E-state index contributed by atoms with van der Waals surface area (Å²) < 4.78 is 40.4. The topological polar surface area (TPSA) is 54.6 Å². The molecule has 0 aliphatic carbocycles. The molecule has 1 aliphatic rings. The Balaban J connectivity index is 1.55. The molecule has 1 fully saturated rings. The molecule has 2 heterocycles. The van der Waals surface area contributed by atoms with E-state index in [0.29, 0.717) is 38.4 Å². The summed E-state index contributed by atoms with van der Waals surface area (Å²) in [7, 11) is 1.83. The van der Waals surface area contributed by atoms with Crippen LogP contribution in [0.25, 0.3) is 0 Å². The van der Waals surface area contributed by atoms with Gasteiger partial charge in [0.1, 0.15) is 0 Å². The van der Waals surface area contributed by atoms with Gasteiger partial charge in [0.15, 0.2) is 6.54 Å². The van der Waals surface area contributed by atoms with Crippen LogP contribution in [-0.2, 0) is 18.0 Å². The van der Waals surface area contributed by atoms with Crippen molar-refractivity contribution in [1.82, 2.24) is 9.78 Å². The van der Waals surface area contributed by atoms with Crippen LogP contribution >= 0.6 is 0 Å². The molecule has 2 N–H and O–H groups in total. The third-order valence-electron chi connectivity index (χ3n) is 5.19. The van der Waals surface area contributed by atoms with Crippen molar-refractivity contribution in [2.45, 2.75) is 20.0 Å². The van der Waals surface area contributed by atoms with Crippen LogP contribution in [0.2, 0.25) is 0 Å². The molecule has 0 bridgehead atoms. The zero-order valence-corrected chi connectivity index (χ0v) is 16.2. The molecule has 152 valence electrons. The number of halogens is 3. The fourth-order valence-corrected chi connectivity index (χ4v) is 3.50. The van der Waals surface area contributed by atoms with Crippen LogP contribution in [0.4, 0.5) is 24.5 Å². The van der Waals surface area contributed by atoms with Crippen molar-refractivity contribution in [3.05, 3.63) is 41.2 Å². The molecule has 1 amide bonds. The van der Waals surface area contributed by atoms with Gasteiger partial charge in [-0.1, -0.05) is 6.07 Å². The van der Waals surface area contributed by atoms with Crippen LogP contribution < -0.4 is 15.1 Å². The average molecular weight is 396 g/mol. The molecular weight excluding hydrogens is 371 g/mol. The number of quaternary nitrogens is 1. The number of piperazine rings is 1. The van der Waals surface area contributed by atoms with E-state index in [9.17, 15) is 18.0 Å². The lowest BCUT2D eigenvalue weighted by Crippen LogP contribution is -3.15. The molecular formula is C19H25F3N5O+. The second kappa shape index (κ2) is 7.83. The van der Waals surface area contributed by atoms with Crippen molar-refractivity contribution >= 4 is 17.3 Å². The van der Waals surface area contributed by atoms with E-state index in [1.54, 1.807) is 10.7 Å². The summed E-state index contributed by atoms with van der Waals surface area (Å²) in [4.78, 5) is 15.4. The van der Waals surface area contributed by atoms with E-state index in [4.69, 9.17) is 0 Å². The van der Waals surface area contributed by atoms with Gasteiger partial charge in [0.05, 0.1) is 48.8 Å². The van der Waals surface area contributed by atoms with E-state index in [0.717, 1.165) is 28.0 Å². The molecule has 2 aromatic rings. The Morgan fingerprint density at radius 2 is 1.93 bits per heavy atom. The molecule has 3 rings (SSSR count). The number of carbonyl (C=O) groups excluding carboxylic acids is 1. The van der Waals surface area contributed by atoms with Crippen LogP contribution in [0, 0.1) is 13.8 Å². The van der Waals surface area contributed by atoms with Gasteiger partial charge in [-0.3, -0.25) is 9.48 Å². The number of hydrogen-bond donors (Lipinski definition) is 2. The maximum absolute atomic E-state index is 12.9. The quantitative estimate of drug-likeness (QED) is 0.822. The van der Waals surface area contributed by atoms with Crippen molar-refractivity contribution in [3.8, 4) is 0 Å². The zero-order valence-electron chi connectivity index (χ0n) is 16.2. The van der Waals surface area contributed by atoms with Crippen molar-refractivity contribution < 1.29 is 22.9 Å². The number of hydrogen-bond acceptors (Lipinski definition) is 3. The SMILES string of the molecule is Cc1nn(C)c(C)c1NC(=O)C[NH+]1CCN(c2cccc(C(F)(F)F)c2)CC1. The Morgan fingerprint density at radius 3 is 2.50 bits per heavy atom. The molecule has 0 atom stereocenters. The van der Waals surface area contributed by atoms with E-state index in [-0.39, 0.29) is 5.91 Å². The summed E-state index contributed by atoms with van der Waals surface area (Å²) in [6.07, 6.45) is -4.34. The van der Waals surface area contributed by atoms with E-state index in [1.807, 2.05) is 25.8 Å². The van der Waals surface area contributed by atoms with Crippen LogP contribution in [0.3, 0.4) is 0 Å². The van der Waals surface area contributed by atoms with Crippen molar-refractivity contribution in [1.29, 1.82) is 0 Å². The van der Waals surface area contributed by atoms with Crippen LogP contribution in [0.15, 0.2) is 24.3 Å². The molecule has 6 nitrogen and oxygen atoms in total. The number of rotatable bonds is 4. The summed E-state index contributed by atoms with van der Waals surface area (Å²) >= 11 is 0. The largest absolute Gasteiger partial charge is 0.416 e. The summed E-state index contributed by atoms with van der Waals surface area (Å²) in [5.74, 6) is -0.0817. The van der Waals surface area contributed by atoms with Gasteiger partial charge in [0, 0.05) is 12.7 Å². The van der Waals surface area contributed by atoms with Gasteiger partial charge in [0.2, 0.25) is 0 Å². The maximum Gasteiger partial charge on any atom is 0.416 e. The lowest BCUT2D eigenvalue weighted by molar-refractivity contribution is -0.892. The van der Waals surface area contributed by atoms with Gasteiger partial charge >= 0.3 is 6.18 Å². The highest BCUT2D eigenvalue weighted by molar-refractivity contribution is 5.92. The monoisotopic (exact) mass is 396 g/mol. The first-order chi connectivity index (χ1) is 13.1. The van der Waals surface area contributed by atoms with Gasteiger partial charge in [0.25, 0.3) is 5.91 Å².